The second kappa shape index (κ2) is 7.80. The minimum atomic E-state index is -0.341. The molecule has 1 aromatic carbocycles. The van der Waals surface area contributed by atoms with Crippen molar-refractivity contribution < 1.29 is 9.59 Å². The molecule has 3 N–H and O–H groups in total. The zero-order chi connectivity index (χ0) is 21.4. The van der Waals surface area contributed by atoms with Gasteiger partial charge in [0.1, 0.15) is 0 Å². The number of benzene rings is 1. The normalized spacial score (nSPS) is 24.3. The molecule has 1 saturated carbocycles. The highest BCUT2D eigenvalue weighted by Gasteiger charge is 2.41. The molecule has 2 atom stereocenters. The van der Waals surface area contributed by atoms with E-state index in [0.29, 0.717) is 5.92 Å². The summed E-state index contributed by atoms with van der Waals surface area (Å²) >= 11 is 0. The molecule has 0 spiro atoms. The number of hydrogen-bond donors (Lipinski definition) is 3. The Hall–Kier alpha value is -3.22. The van der Waals surface area contributed by atoms with Gasteiger partial charge in [-0.2, -0.15) is 0 Å². The quantitative estimate of drug-likeness (QED) is 0.665. The van der Waals surface area contributed by atoms with Gasteiger partial charge in [0.15, 0.2) is 11.5 Å². The first-order valence-corrected chi connectivity index (χ1v) is 11.0. The van der Waals surface area contributed by atoms with Crippen molar-refractivity contribution in [2.24, 2.45) is 5.92 Å². The van der Waals surface area contributed by atoms with Crippen LogP contribution >= 0.6 is 0 Å². The monoisotopic (exact) mass is 417 g/mol. The minimum Gasteiger partial charge on any atom is -0.347 e. The van der Waals surface area contributed by atoms with E-state index in [-0.39, 0.29) is 35.0 Å². The van der Waals surface area contributed by atoms with Crippen LogP contribution in [-0.4, -0.2) is 33.5 Å². The van der Waals surface area contributed by atoms with Gasteiger partial charge in [-0.15, -0.1) is 0 Å². The van der Waals surface area contributed by atoms with Crippen molar-refractivity contribution in [1.29, 1.82) is 0 Å². The molecule has 1 heterocycles. The van der Waals surface area contributed by atoms with E-state index in [1.54, 1.807) is 0 Å². The molecule has 0 radical (unpaired) electrons. The number of fused-ring (bicyclic) bond motifs is 3. The summed E-state index contributed by atoms with van der Waals surface area (Å²) in [6, 6.07) is 7.89. The third-order valence-electron chi connectivity index (χ3n) is 6.61. The van der Waals surface area contributed by atoms with Crippen molar-refractivity contribution in [3.8, 4) is 0 Å². The molecule has 2 bridgehead atoms. The predicted octanol–water partition coefficient (Wildman–Crippen LogP) is 3.38. The number of nitrogens with zero attached hydrogens (tertiary/aromatic N) is 2. The van der Waals surface area contributed by atoms with Crippen molar-refractivity contribution in [3.05, 3.63) is 65.1 Å². The van der Waals surface area contributed by atoms with Gasteiger partial charge >= 0.3 is 6.03 Å². The highest BCUT2D eigenvalue weighted by molar-refractivity contribution is 6.01. The van der Waals surface area contributed by atoms with Crippen LogP contribution in [-0.2, 0) is 12.8 Å². The molecule has 160 valence electrons. The number of amides is 3. The summed E-state index contributed by atoms with van der Waals surface area (Å²) in [5, 5.41) is 8.96. The molecule has 3 aliphatic carbocycles. The molecule has 3 amide bonds. The van der Waals surface area contributed by atoms with Crippen LogP contribution in [0, 0.1) is 5.92 Å². The molecule has 1 fully saturated rings. The number of aromatic nitrogens is 2. The van der Waals surface area contributed by atoms with Gasteiger partial charge in [0.05, 0.1) is 0 Å². The van der Waals surface area contributed by atoms with Crippen LogP contribution in [0.3, 0.4) is 0 Å². The molecule has 0 saturated heterocycles. The first-order chi connectivity index (χ1) is 15.0. The summed E-state index contributed by atoms with van der Waals surface area (Å²) in [7, 11) is 0. The molecular formula is C24H27N5O2. The number of anilines is 1. The van der Waals surface area contributed by atoms with Gasteiger partial charge < -0.3 is 10.6 Å². The Balaban J connectivity index is 1.24. The van der Waals surface area contributed by atoms with Crippen molar-refractivity contribution in [1.82, 2.24) is 20.6 Å². The third kappa shape index (κ3) is 4.04. The first-order valence-electron chi connectivity index (χ1n) is 11.0. The molecular weight excluding hydrogens is 390 g/mol. The fourth-order valence-electron chi connectivity index (χ4n) is 5.45. The van der Waals surface area contributed by atoms with E-state index >= 15 is 0 Å². The lowest BCUT2D eigenvalue weighted by molar-refractivity contribution is 0.0934. The first kappa shape index (κ1) is 19.7. The van der Waals surface area contributed by atoms with Crippen LogP contribution in [0.2, 0.25) is 0 Å². The number of carbonyl (C=O) groups excluding carboxylic acids is 2. The van der Waals surface area contributed by atoms with Crippen LogP contribution < -0.4 is 16.0 Å². The van der Waals surface area contributed by atoms with Crippen LogP contribution in [0.15, 0.2) is 48.3 Å². The number of rotatable bonds is 4. The second-order valence-electron chi connectivity index (χ2n) is 9.22. The summed E-state index contributed by atoms with van der Waals surface area (Å²) < 4.78 is 0. The van der Waals surface area contributed by atoms with E-state index in [2.05, 4.69) is 51.1 Å². The molecule has 1 aromatic heterocycles. The summed E-state index contributed by atoms with van der Waals surface area (Å²) in [4.78, 5) is 34.1. The van der Waals surface area contributed by atoms with Gasteiger partial charge in [-0.3, -0.25) is 10.1 Å². The molecule has 7 nitrogen and oxygen atoms in total. The number of hydrogen-bond acceptors (Lipinski definition) is 4. The Kier molecular flexibility index (Phi) is 4.96. The average molecular weight is 418 g/mol. The third-order valence-corrected chi connectivity index (χ3v) is 6.61. The van der Waals surface area contributed by atoms with Gasteiger partial charge in [-0.1, -0.05) is 42.8 Å². The fourth-order valence-corrected chi connectivity index (χ4v) is 5.45. The Morgan fingerprint density at radius 3 is 2.58 bits per heavy atom. The van der Waals surface area contributed by atoms with Gasteiger partial charge in [-0.05, 0) is 55.6 Å². The SMILES string of the molecule is CC1CC2=CCC(NC(=O)Nc3nccnc3C(=O)NC3Cc4ccccc4C3)(C2)C1. The Labute approximate surface area is 181 Å². The van der Waals surface area contributed by atoms with Gasteiger partial charge in [-0.25, -0.2) is 14.8 Å². The molecule has 7 heteroatoms. The van der Waals surface area contributed by atoms with E-state index in [9.17, 15) is 9.59 Å². The highest BCUT2D eigenvalue weighted by Crippen LogP contribution is 2.43. The van der Waals surface area contributed by atoms with Crippen molar-refractivity contribution in [3.63, 3.8) is 0 Å². The number of urea groups is 1. The van der Waals surface area contributed by atoms with Crippen molar-refractivity contribution in [2.75, 3.05) is 5.32 Å². The van der Waals surface area contributed by atoms with Crippen molar-refractivity contribution in [2.45, 2.75) is 57.0 Å². The molecule has 31 heavy (non-hydrogen) atoms. The zero-order valence-electron chi connectivity index (χ0n) is 17.6. The maximum atomic E-state index is 12.9. The summed E-state index contributed by atoms with van der Waals surface area (Å²) in [5.74, 6) is 0.408. The number of carbonyl (C=O) groups is 2. The fraction of sp³-hybridized carbons (Fsp3) is 0.417. The summed E-state index contributed by atoms with van der Waals surface area (Å²) in [6.45, 7) is 2.22. The zero-order valence-corrected chi connectivity index (χ0v) is 17.6. The summed E-state index contributed by atoms with van der Waals surface area (Å²) in [5.41, 5.74) is 3.85. The lowest BCUT2D eigenvalue weighted by Gasteiger charge is -2.37. The largest absolute Gasteiger partial charge is 0.347 e. The summed E-state index contributed by atoms with van der Waals surface area (Å²) in [6.07, 6.45) is 10.6. The molecule has 2 unspecified atom stereocenters. The van der Waals surface area contributed by atoms with Gasteiger partial charge in [0.25, 0.3) is 5.91 Å². The second-order valence-corrected chi connectivity index (χ2v) is 9.22. The van der Waals surface area contributed by atoms with Crippen molar-refractivity contribution >= 4 is 17.8 Å². The standard InChI is InChI=1S/C24H27N5O2/c1-15-10-16-6-7-24(13-15,14-16)29-23(31)28-21-20(25-8-9-26-21)22(30)27-19-11-17-4-2-3-5-18(17)12-19/h2-6,8-9,15,19H,7,10-14H2,1H3,(H,27,30)(H2,26,28,29,31). The van der Waals surface area contributed by atoms with Gasteiger partial charge in [0.2, 0.25) is 0 Å². The Morgan fingerprint density at radius 2 is 1.81 bits per heavy atom. The Bertz CT molecular complexity index is 1040. The van der Waals surface area contributed by atoms with Gasteiger partial charge in [0, 0.05) is 24.0 Å². The topological polar surface area (TPSA) is 96.0 Å². The van der Waals surface area contributed by atoms with Crippen LogP contribution in [0.25, 0.3) is 0 Å². The molecule has 5 rings (SSSR count). The Morgan fingerprint density at radius 1 is 1.06 bits per heavy atom. The maximum Gasteiger partial charge on any atom is 0.320 e. The average Bonchev–Trinajstić information content (AvgIpc) is 3.27. The predicted molar refractivity (Wildman–Crippen MR) is 118 cm³/mol. The highest BCUT2D eigenvalue weighted by atomic mass is 16.2. The minimum absolute atomic E-state index is 0.0131. The van der Waals surface area contributed by atoms with E-state index in [0.717, 1.165) is 38.5 Å². The molecule has 0 aliphatic heterocycles. The van der Waals surface area contributed by atoms with E-state index in [4.69, 9.17) is 0 Å². The lowest BCUT2D eigenvalue weighted by Crippen LogP contribution is -2.51. The number of nitrogens with one attached hydrogen (secondary N) is 3. The van der Waals surface area contributed by atoms with Crippen LogP contribution in [0.1, 0.15) is 54.2 Å². The van der Waals surface area contributed by atoms with Crippen LogP contribution in [0.5, 0.6) is 0 Å². The smallest absolute Gasteiger partial charge is 0.320 e. The lowest BCUT2D eigenvalue weighted by atomic mass is 9.78. The van der Waals surface area contributed by atoms with E-state index in [1.165, 1.54) is 29.1 Å². The molecule has 3 aliphatic rings. The van der Waals surface area contributed by atoms with Crippen LogP contribution in [0.4, 0.5) is 10.6 Å². The maximum absolute atomic E-state index is 12.9. The van der Waals surface area contributed by atoms with E-state index < -0.39 is 0 Å². The van der Waals surface area contributed by atoms with E-state index in [1.807, 2.05) is 12.1 Å². The molecule has 2 aromatic rings.